The smallest absolute Gasteiger partial charge is 0.260 e. The van der Waals surface area contributed by atoms with Crippen LogP contribution in [0.15, 0.2) is 53.1 Å². The van der Waals surface area contributed by atoms with Crippen molar-refractivity contribution in [3.05, 3.63) is 63.6 Å². The number of likely N-dealkylation sites (N-methyl/N-ethyl adjacent to an activating group) is 1. The number of carbonyl (C=O) groups excluding carboxylic acids is 1. The van der Waals surface area contributed by atoms with Gasteiger partial charge in [-0.25, -0.2) is 0 Å². The summed E-state index contributed by atoms with van der Waals surface area (Å²) in [6.07, 6.45) is 0. The Morgan fingerprint density at radius 2 is 1.85 bits per heavy atom. The molecule has 3 aromatic rings. The van der Waals surface area contributed by atoms with Crippen LogP contribution in [-0.2, 0) is 11.3 Å². The van der Waals surface area contributed by atoms with E-state index in [2.05, 4.69) is 32.7 Å². The highest BCUT2D eigenvalue weighted by atomic mass is 127. The molecule has 0 N–H and O–H groups in total. The standard InChI is InChI=1S/C20H20IN3O3/c1-3-24(19(25)13-26-17-10-8-16(21)9-11-17)12-18-22-20(23-27-18)15-6-4-14(2)5-7-15/h4-11H,3,12-13H2,1-2H3. The maximum atomic E-state index is 12.4. The number of carbonyl (C=O) groups is 1. The summed E-state index contributed by atoms with van der Waals surface area (Å²) in [6, 6.07) is 15.4. The Hall–Kier alpha value is -2.42. The van der Waals surface area contributed by atoms with E-state index in [0.717, 1.165) is 9.13 Å². The molecule has 1 amide bonds. The van der Waals surface area contributed by atoms with Crippen molar-refractivity contribution in [3.63, 3.8) is 0 Å². The van der Waals surface area contributed by atoms with Crippen molar-refractivity contribution in [3.8, 4) is 17.1 Å². The van der Waals surface area contributed by atoms with Crippen LogP contribution in [0, 0.1) is 10.5 Å². The lowest BCUT2D eigenvalue weighted by molar-refractivity contribution is -0.134. The number of hydrogen-bond acceptors (Lipinski definition) is 5. The molecule has 0 aliphatic carbocycles. The van der Waals surface area contributed by atoms with Gasteiger partial charge in [0.2, 0.25) is 11.7 Å². The summed E-state index contributed by atoms with van der Waals surface area (Å²) in [5.41, 5.74) is 2.05. The third-order valence-corrected chi connectivity index (χ3v) is 4.73. The van der Waals surface area contributed by atoms with Crippen molar-refractivity contribution >= 4 is 28.5 Å². The van der Waals surface area contributed by atoms with E-state index in [4.69, 9.17) is 9.26 Å². The van der Waals surface area contributed by atoms with Gasteiger partial charge < -0.3 is 14.2 Å². The van der Waals surface area contributed by atoms with E-state index < -0.39 is 0 Å². The zero-order chi connectivity index (χ0) is 19.2. The van der Waals surface area contributed by atoms with Crippen LogP contribution in [0.1, 0.15) is 18.4 Å². The highest BCUT2D eigenvalue weighted by molar-refractivity contribution is 14.1. The molecule has 0 bridgehead atoms. The topological polar surface area (TPSA) is 68.5 Å². The molecular formula is C20H20IN3O3. The Morgan fingerprint density at radius 3 is 2.52 bits per heavy atom. The maximum absolute atomic E-state index is 12.4. The Labute approximate surface area is 171 Å². The van der Waals surface area contributed by atoms with Gasteiger partial charge in [-0.15, -0.1) is 0 Å². The van der Waals surface area contributed by atoms with E-state index in [-0.39, 0.29) is 19.1 Å². The van der Waals surface area contributed by atoms with Gasteiger partial charge in [0.15, 0.2) is 6.61 Å². The molecule has 0 fully saturated rings. The lowest BCUT2D eigenvalue weighted by atomic mass is 10.1. The van der Waals surface area contributed by atoms with E-state index in [9.17, 15) is 4.79 Å². The average Bonchev–Trinajstić information content (AvgIpc) is 3.14. The maximum Gasteiger partial charge on any atom is 0.260 e. The Morgan fingerprint density at radius 1 is 1.15 bits per heavy atom. The van der Waals surface area contributed by atoms with Crippen molar-refractivity contribution < 1.29 is 14.1 Å². The lowest BCUT2D eigenvalue weighted by Gasteiger charge is -2.18. The summed E-state index contributed by atoms with van der Waals surface area (Å²) < 4.78 is 12.0. The summed E-state index contributed by atoms with van der Waals surface area (Å²) in [5.74, 6) is 1.45. The van der Waals surface area contributed by atoms with Crippen molar-refractivity contribution in [1.29, 1.82) is 0 Å². The van der Waals surface area contributed by atoms with Gasteiger partial charge in [-0.05, 0) is 60.7 Å². The first-order valence-electron chi connectivity index (χ1n) is 8.61. The molecule has 0 saturated heterocycles. The first kappa shape index (κ1) is 19.3. The molecule has 0 spiro atoms. The zero-order valence-corrected chi connectivity index (χ0v) is 17.3. The highest BCUT2D eigenvalue weighted by Crippen LogP contribution is 2.17. The van der Waals surface area contributed by atoms with Crippen LogP contribution >= 0.6 is 22.6 Å². The molecular weight excluding hydrogens is 457 g/mol. The predicted molar refractivity (Wildman–Crippen MR) is 110 cm³/mol. The van der Waals surface area contributed by atoms with Gasteiger partial charge in [0.1, 0.15) is 12.3 Å². The molecule has 0 aliphatic heterocycles. The average molecular weight is 477 g/mol. The lowest BCUT2D eigenvalue weighted by Crippen LogP contribution is -2.34. The van der Waals surface area contributed by atoms with Crippen molar-refractivity contribution in [1.82, 2.24) is 15.0 Å². The number of rotatable bonds is 7. The Kier molecular flexibility index (Phi) is 6.44. The van der Waals surface area contributed by atoms with E-state index in [1.165, 1.54) is 5.56 Å². The van der Waals surface area contributed by atoms with E-state index in [1.807, 2.05) is 62.4 Å². The molecule has 7 heteroatoms. The summed E-state index contributed by atoms with van der Waals surface area (Å²) in [5, 5.41) is 4.01. The molecule has 0 saturated carbocycles. The van der Waals surface area contributed by atoms with Crippen LogP contribution < -0.4 is 4.74 Å². The number of aryl methyl sites for hydroxylation is 1. The largest absolute Gasteiger partial charge is 0.484 e. The third-order valence-electron chi connectivity index (χ3n) is 4.01. The van der Waals surface area contributed by atoms with Gasteiger partial charge >= 0.3 is 0 Å². The highest BCUT2D eigenvalue weighted by Gasteiger charge is 2.17. The molecule has 3 rings (SSSR count). The van der Waals surface area contributed by atoms with Crippen LogP contribution in [-0.4, -0.2) is 34.1 Å². The minimum atomic E-state index is -0.133. The SMILES string of the molecule is CCN(Cc1nc(-c2ccc(C)cc2)no1)C(=O)COc1ccc(I)cc1. The summed E-state index contributed by atoms with van der Waals surface area (Å²) in [4.78, 5) is 18.5. The van der Waals surface area contributed by atoms with Crippen LogP contribution in [0.25, 0.3) is 11.4 Å². The fourth-order valence-electron chi connectivity index (χ4n) is 2.45. The summed E-state index contributed by atoms with van der Waals surface area (Å²) in [7, 11) is 0. The molecule has 1 aromatic heterocycles. The van der Waals surface area contributed by atoms with Crippen LogP contribution in [0.2, 0.25) is 0 Å². The van der Waals surface area contributed by atoms with Crippen molar-refractivity contribution in [2.45, 2.75) is 20.4 Å². The Bertz CT molecular complexity index is 892. The molecule has 6 nitrogen and oxygen atoms in total. The zero-order valence-electron chi connectivity index (χ0n) is 15.2. The number of ether oxygens (including phenoxy) is 1. The van der Waals surface area contributed by atoms with Crippen LogP contribution in [0.5, 0.6) is 5.75 Å². The van der Waals surface area contributed by atoms with Gasteiger partial charge in [0, 0.05) is 15.7 Å². The molecule has 0 atom stereocenters. The monoisotopic (exact) mass is 477 g/mol. The minimum absolute atomic E-state index is 0.0343. The fourth-order valence-corrected chi connectivity index (χ4v) is 2.81. The second-order valence-electron chi connectivity index (χ2n) is 6.03. The fraction of sp³-hybridized carbons (Fsp3) is 0.250. The first-order chi connectivity index (χ1) is 13.0. The van der Waals surface area contributed by atoms with E-state index >= 15 is 0 Å². The number of aromatic nitrogens is 2. The number of hydrogen-bond donors (Lipinski definition) is 0. The number of benzene rings is 2. The van der Waals surface area contributed by atoms with Crippen LogP contribution in [0.3, 0.4) is 0 Å². The molecule has 1 heterocycles. The Balaban J connectivity index is 1.60. The van der Waals surface area contributed by atoms with Gasteiger partial charge in [-0.2, -0.15) is 4.98 Å². The molecule has 2 aromatic carbocycles. The molecule has 0 unspecified atom stereocenters. The number of nitrogens with zero attached hydrogens (tertiary/aromatic N) is 3. The predicted octanol–water partition coefficient (Wildman–Crippen LogP) is 4.08. The minimum Gasteiger partial charge on any atom is -0.484 e. The second-order valence-corrected chi connectivity index (χ2v) is 7.27. The summed E-state index contributed by atoms with van der Waals surface area (Å²) in [6.45, 7) is 4.67. The first-order valence-corrected chi connectivity index (χ1v) is 9.69. The quantitative estimate of drug-likeness (QED) is 0.480. The van der Waals surface area contributed by atoms with E-state index in [1.54, 1.807) is 4.90 Å². The van der Waals surface area contributed by atoms with Gasteiger partial charge in [0.25, 0.3) is 5.91 Å². The number of amides is 1. The van der Waals surface area contributed by atoms with Crippen molar-refractivity contribution in [2.24, 2.45) is 0 Å². The second kappa shape index (κ2) is 8.98. The summed E-state index contributed by atoms with van der Waals surface area (Å²) >= 11 is 2.22. The molecule has 27 heavy (non-hydrogen) atoms. The van der Waals surface area contributed by atoms with Gasteiger partial charge in [0.05, 0.1) is 0 Å². The van der Waals surface area contributed by atoms with Gasteiger partial charge in [-0.1, -0.05) is 35.0 Å². The van der Waals surface area contributed by atoms with Gasteiger partial charge in [-0.3, -0.25) is 4.79 Å². The molecule has 0 radical (unpaired) electrons. The third kappa shape index (κ3) is 5.29. The van der Waals surface area contributed by atoms with E-state index in [0.29, 0.717) is 24.0 Å². The number of halogens is 1. The molecule has 140 valence electrons. The normalized spacial score (nSPS) is 10.6. The molecule has 0 aliphatic rings. The van der Waals surface area contributed by atoms with Crippen LogP contribution in [0.4, 0.5) is 0 Å². The van der Waals surface area contributed by atoms with Crippen molar-refractivity contribution in [2.75, 3.05) is 13.2 Å².